The van der Waals surface area contributed by atoms with Gasteiger partial charge in [-0.1, -0.05) is 12.1 Å². The van der Waals surface area contributed by atoms with Crippen LogP contribution in [0.3, 0.4) is 0 Å². The van der Waals surface area contributed by atoms with Gasteiger partial charge in [0.05, 0.1) is 4.90 Å². The third-order valence-electron chi connectivity index (χ3n) is 3.78. The normalized spacial score (nSPS) is 11.3. The summed E-state index contributed by atoms with van der Waals surface area (Å²) in [5.74, 6) is -0.633. The second kappa shape index (κ2) is 7.95. The first-order valence-electron chi connectivity index (χ1n) is 7.94. The molecule has 0 bridgehead atoms. The quantitative estimate of drug-likeness (QED) is 0.658. The predicted molar refractivity (Wildman–Crippen MR) is 101 cm³/mol. The zero-order valence-corrected chi connectivity index (χ0v) is 15.7. The molecule has 0 saturated carbocycles. The Hall–Kier alpha value is -2.62. The van der Waals surface area contributed by atoms with Gasteiger partial charge in [0.2, 0.25) is 10.0 Å². The van der Waals surface area contributed by atoms with Gasteiger partial charge in [0, 0.05) is 17.5 Å². The van der Waals surface area contributed by atoms with Gasteiger partial charge < -0.3 is 5.32 Å². The summed E-state index contributed by atoms with van der Waals surface area (Å²) in [5, 5.41) is 10.1. The van der Waals surface area contributed by atoms with Gasteiger partial charge in [0.25, 0.3) is 5.91 Å². The summed E-state index contributed by atoms with van der Waals surface area (Å²) in [6.07, 6.45) is 0.533. The lowest BCUT2D eigenvalue weighted by molar-refractivity contribution is 0.0950. The number of thiazole rings is 1. The predicted octanol–water partition coefficient (Wildman–Crippen LogP) is 2.57. The van der Waals surface area contributed by atoms with Crippen molar-refractivity contribution in [1.82, 2.24) is 10.3 Å². The monoisotopic (exact) mass is 405 g/mol. The van der Waals surface area contributed by atoms with Gasteiger partial charge in [-0.25, -0.2) is 22.9 Å². The maximum atomic E-state index is 13.0. The molecule has 0 atom stereocenters. The summed E-state index contributed by atoms with van der Waals surface area (Å²) in [5.41, 5.74) is 1.91. The van der Waals surface area contributed by atoms with Crippen LogP contribution >= 0.6 is 11.3 Å². The summed E-state index contributed by atoms with van der Waals surface area (Å²) in [7, 11) is -3.71. The molecule has 27 heavy (non-hydrogen) atoms. The molecular formula is C18H16FN3O3S2. The fourth-order valence-electron chi connectivity index (χ4n) is 2.36. The summed E-state index contributed by atoms with van der Waals surface area (Å²) in [6.45, 7) is 0.372. The van der Waals surface area contributed by atoms with Crippen LogP contribution in [0.2, 0.25) is 0 Å². The third-order valence-corrected chi connectivity index (χ3v) is 5.60. The SMILES string of the molecule is NS(=O)(=O)c1ccc(CCNC(=O)c2csc(-c3ccc(F)cc3)n2)cc1. The second-order valence-electron chi connectivity index (χ2n) is 5.74. The molecule has 3 aromatic rings. The molecule has 0 saturated heterocycles. The largest absolute Gasteiger partial charge is 0.350 e. The van der Waals surface area contributed by atoms with Crippen LogP contribution in [0.5, 0.6) is 0 Å². The number of hydrogen-bond acceptors (Lipinski definition) is 5. The van der Waals surface area contributed by atoms with Gasteiger partial charge >= 0.3 is 0 Å². The van der Waals surface area contributed by atoms with Gasteiger partial charge in [0.1, 0.15) is 16.5 Å². The maximum Gasteiger partial charge on any atom is 0.270 e. The summed E-state index contributed by atoms with van der Waals surface area (Å²) in [4.78, 5) is 16.5. The molecule has 1 amide bonds. The molecule has 3 rings (SSSR count). The average Bonchev–Trinajstić information content (AvgIpc) is 3.12. The van der Waals surface area contributed by atoms with E-state index in [4.69, 9.17) is 5.14 Å². The molecule has 0 fully saturated rings. The van der Waals surface area contributed by atoms with Crippen molar-refractivity contribution in [3.63, 3.8) is 0 Å². The van der Waals surface area contributed by atoms with Crippen LogP contribution in [0.4, 0.5) is 4.39 Å². The Balaban J connectivity index is 1.56. The Kier molecular flexibility index (Phi) is 5.64. The van der Waals surface area contributed by atoms with Crippen LogP contribution < -0.4 is 10.5 Å². The minimum absolute atomic E-state index is 0.0473. The van der Waals surface area contributed by atoms with E-state index in [2.05, 4.69) is 10.3 Å². The van der Waals surface area contributed by atoms with E-state index in [1.54, 1.807) is 29.6 Å². The number of nitrogens with one attached hydrogen (secondary N) is 1. The van der Waals surface area contributed by atoms with Crippen LogP contribution in [0.1, 0.15) is 16.1 Å². The number of benzene rings is 2. The van der Waals surface area contributed by atoms with E-state index >= 15 is 0 Å². The molecule has 0 aliphatic carbocycles. The van der Waals surface area contributed by atoms with Crippen LogP contribution in [0.25, 0.3) is 10.6 Å². The highest BCUT2D eigenvalue weighted by molar-refractivity contribution is 7.89. The number of nitrogens with zero attached hydrogens (tertiary/aromatic N) is 1. The van der Waals surface area contributed by atoms with E-state index in [0.717, 1.165) is 11.1 Å². The van der Waals surface area contributed by atoms with Crippen molar-refractivity contribution in [2.75, 3.05) is 6.54 Å². The van der Waals surface area contributed by atoms with E-state index in [0.29, 0.717) is 23.7 Å². The first-order chi connectivity index (χ1) is 12.8. The maximum absolute atomic E-state index is 13.0. The van der Waals surface area contributed by atoms with Crippen molar-refractivity contribution < 1.29 is 17.6 Å². The molecular weight excluding hydrogens is 389 g/mol. The Morgan fingerprint density at radius 2 is 1.78 bits per heavy atom. The topological polar surface area (TPSA) is 102 Å². The Labute approximate surface area is 159 Å². The Morgan fingerprint density at radius 1 is 1.11 bits per heavy atom. The molecule has 2 aromatic carbocycles. The number of hydrogen-bond donors (Lipinski definition) is 2. The lowest BCUT2D eigenvalue weighted by Crippen LogP contribution is -2.26. The molecule has 9 heteroatoms. The van der Waals surface area contributed by atoms with Crippen molar-refractivity contribution >= 4 is 27.3 Å². The molecule has 0 aliphatic heterocycles. The summed E-state index contributed by atoms with van der Waals surface area (Å²) >= 11 is 1.31. The summed E-state index contributed by atoms with van der Waals surface area (Å²) in [6, 6.07) is 12.1. The number of carbonyl (C=O) groups excluding carboxylic acids is 1. The van der Waals surface area contributed by atoms with E-state index in [1.165, 1.54) is 35.6 Å². The van der Waals surface area contributed by atoms with Gasteiger partial charge in [-0.05, 0) is 48.4 Å². The molecule has 1 heterocycles. The van der Waals surface area contributed by atoms with E-state index < -0.39 is 10.0 Å². The number of amides is 1. The molecule has 0 aliphatic rings. The molecule has 1 aromatic heterocycles. The van der Waals surface area contributed by atoms with E-state index in [9.17, 15) is 17.6 Å². The first kappa shape index (κ1) is 19.2. The van der Waals surface area contributed by atoms with Gasteiger partial charge in [-0.2, -0.15) is 0 Å². The number of nitrogens with two attached hydrogens (primary N) is 1. The zero-order chi connectivity index (χ0) is 19.4. The summed E-state index contributed by atoms with van der Waals surface area (Å²) < 4.78 is 35.4. The first-order valence-corrected chi connectivity index (χ1v) is 10.4. The van der Waals surface area contributed by atoms with Crippen molar-refractivity contribution in [2.45, 2.75) is 11.3 Å². The minimum atomic E-state index is -3.71. The van der Waals surface area contributed by atoms with Crippen LogP contribution in [0.15, 0.2) is 58.8 Å². The fourth-order valence-corrected chi connectivity index (χ4v) is 3.68. The number of rotatable bonds is 6. The highest BCUT2D eigenvalue weighted by atomic mass is 32.2. The number of primary sulfonamides is 1. The highest BCUT2D eigenvalue weighted by Crippen LogP contribution is 2.23. The lowest BCUT2D eigenvalue weighted by Gasteiger charge is -2.05. The standard InChI is InChI=1S/C18H16FN3O3S2/c19-14-5-3-13(4-6-14)18-22-16(11-26-18)17(23)21-10-9-12-1-7-15(8-2-12)27(20,24)25/h1-8,11H,9-10H2,(H,21,23)(H2,20,24,25). The van der Waals surface area contributed by atoms with E-state index in [1.807, 2.05) is 0 Å². The van der Waals surface area contributed by atoms with Gasteiger partial charge in [0.15, 0.2) is 0 Å². The van der Waals surface area contributed by atoms with E-state index in [-0.39, 0.29) is 16.6 Å². The van der Waals surface area contributed by atoms with Gasteiger partial charge in [-0.3, -0.25) is 4.79 Å². The van der Waals surface area contributed by atoms with Crippen LogP contribution in [-0.2, 0) is 16.4 Å². The number of aromatic nitrogens is 1. The number of carbonyl (C=O) groups is 1. The highest BCUT2D eigenvalue weighted by Gasteiger charge is 2.12. The van der Waals surface area contributed by atoms with Crippen LogP contribution in [-0.4, -0.2) is 25.9 Å². The molecule has 0 spiro atoms. The zero-order valence-electron chi connectivity index (χ0n) is 14.1. The third kappa shape index (κ3) is 4.97. The van der Waals surface area contributed by atoms with Crippen molar-refractivity contribution in [1.29, 1.82) is 0 Å². The Bertz CT molecular complexity index is 1050. The van der Waals surface area contributed by atoms with Crippen LogP contribution in [0, 0.1) is 5.82 Å². The molecule has 0 radical (unpaired) electrons. The Morgan fingerprint density at radius 3 is 2.41 bits per heavy atom. The fraction of sp³-hybridized carbons (Fsp3) is 0.111. The number of halogens is 1. The lowest BCUT2D eigenvalue weighted by atomic mass is 10.1. The smallest absolute Gasteiger partial charge is 0.270 e. The molecule has 140 valence electrons. The minimum Gasteiger partial charge on any atom is -0.350 e. The van der Waals surface area contributed by atoms with Crippen molar-refractivity contribution in [3.05, 3.63) is 71.0 Å². The average molecular weight is 405 g/mol. The van der Waals surface area contributed by atoms with Gasteiger partial charge in [-0.15, -0.1) is 11.3 Å². The molecule has 3 N–H and O–H groups in total. The second-order valence-corrected chi connectivity index (χ2v) is 8.16. The molecule has 0 unspecified atom stereocenters. The van der Waals surface area contributed by atoms with Crippen molar-refractivity contribution in [2.24, 2.45) is 5.14 Å². The van der Waals surface area contributed by atoms with Crippen molar-refractivity contribution in [3.8, 4) is 10.6 Å². The number of sulfonamides is 1. The molecule has 6 nitrogen and oxygen atoms in total.